The van der Waals surface area contributed by atoms with Gasteiger partial charge in [-0.3, -0.25) is 9.89 Å². The molecule has 3 atom stereocenters. The van der Waals surface area contributed by atoms with E-state index in [-0.39, 0.29) is 5.56 Å². The number of allylic oxidation sites excluding steroid dienone is 1. The van der Waals surface area contributed by atoms with Gasteiger partial charge in [-0.2, -0.15) is 0 Å². The first-order valence-corrected chi connectivity index (χ1v) is 14.8. The maximum Gasteiger partial charge on any atom is 0.275 e. The van der Waals surface area contributed by atoms with E-state index < -0.39 is 29.5 Å². The number of para-hydroxylation sites is 2. The predicted molar refractivity (Wildman–Crippen MR) is 170 cm³/mol. The van der Waals surface area contributed by atoms with Crippen LogP contribution >= 0.6 is 0 Å². The number of hydrogen-bond acceptors (Lipinski definition) is 4. The molecule has 4 aromatic carbocycles. The molecule has 0 radical (unpaired) electrons. The van der Waals surface area contributed by atoms with Gasteiger partial charge < -0.3 is 15.1 Å². The standard InChI is InChI=1S/C37H35N3O3/c1-24-32(36(43)40(38-24)27-18-10-5-11-19-27)33-34(41)28(35(33)42)22-31-37(26-16-8-4-9-17-26,23-25-14-6-3-7-15-25)29-20-12-13-21-30(29)39(31)2/h3-22,28,33-35,38,41-42H,23H2,1-2H3/b31-22+. The van der Waals surface area contributed by atoms with Crippen LogP contribution in [0.25, 0.3) is 5.69 Å². The van der Waals surface area contributed by atoms with Crippen molar-refractivity contribution >= 4 is 5.69 Å². The van der Waals surface area contributed by atoms with Crippen LogP contribution in [0.2, 0.25) is 0 Å². The summed E-state index contributed by atoms with van der Waals surface area (Å²) in [7, 11) is 2.06. The Morgan fingerprint density at radius 3 is 2.07 bits per heavy atom. The largest absolute Gasteiger partial charge is 0.392 e. The van der Waals surface area contributed by atoms with Crippen LogP contribution in [0.3, 0.4) is 0 Å². The molecule has 3 unspecified atom stereocenters. The number of fused-ring (bicyclic) bond motifs is 1. The number of aromatic nitrogens is 2. The van der Waals surface area contributed by atoms with Crippen LogP contribution in [-0.2, 0) is 11.8 Å². The minimum absolute atomic E-state index is 0.244. The van der Waals surface area contributed by atoms with Crippen molar-refractivity contribution in [3.8, 4) is 5.69 Å². The number of nitrogens with zero attached hydrogens (tertiary/aromatic N) is 2. The average Bonchev–Trinajstić information content (AvgIpc) is 3.47. The SMILES string of the molecule is Cc1[nH]n(-c2ccccc2)c(=O)c1C1C(O)C(/C=C2/N(C)c3ccccc3C2(Cc2ccccc2)c2ccccc2)C1O. The number of aromatic amines is 1. The first-order chi connectivity index (χ1) is 20.9. The third kappa shape index (κ3) is 4.21. The highest BCUT2D eigenvalue weighted by Gasteiger charge is 2.54. The molecule has 1 saturated carbocycles. The summed E-state index contributed by atoms with van der Waals surface area (Å²) < 4.78 is 1.48. The van der Waals surface area contributed by atoms with Gasteiger partial charge in [-0.25, -0.2) is 4.68 Å². The Hall–Kier alpha value is -4.65. The fourth-order valence-electron chi connectivity index (χ4n) is 7.32. The Morgan fingerprint density at radius 1 is 0.814 bits per heavy atom. The van der Waals surface area contributed by atoms with Crippen molar-refractivity contribution in [2.24, 2.45) is 5.92 Å². The van der Waals surface area contributed by atoms with E-state index in [2.05, 4.69) is 89.9 Å². The van der Waals surface area contributed by atoms with Gasteiger partial charge in [-0.15, -0.1) is 0 Å². The van der Waals surface area contributed by atoms with E-state index in [0.717, 1.165) is 16.9 Å². The Bertz CT molecular complexity index is 1830. The number of benzene rings is 4. The van der Waals surface area contributed by atoms with E-state index in [4.69, 9.17) is 0 Å². The molecule has 1 aliphatic heterocycles. The van der Waals surface area contributed by atoms with Crippen molar-refractivity contribution in [3.05, 3.63) is 165 Å². The minimum Gasteiger partial charge on any atom is -0.392 e. The summed E-state index contributed by atoms with van der Waals surface area (Å²) in [6.07, 6.45) is 0.929. The molecule has 0 amide bonds. The summed E-state index contributed by atoms with van der Waals surface area (Å²) in [4.78, 5) is 15.7. The van der Waals surface area contributed by atoms with Gasteiger partial charge in [0.2, 0.25) is 0 Å². The molecule has 216 valence electrons. The van der Waals surface area contributed by atoms with Gasteiger partial charge in [-0.1, -0.05) is 103 Å². The van der Waals surface area contributed by atoms with Gasteiger partial charge in [-0.05, 0) is 48.2 Å². The van der Waals surface area contributed by atoms with E-state index in [1.54, 1.807) is 0 Å². The third-order valence-electron chi connectivity index (χ3n) is 9.44. The van der Waals surface area contributed by atoms with Gasteiger partial charge in [0.25, 0.3) is 5.56 Å². The van der Waals surface area contributed by atoms with Gasteiger partial charge in [0.15, 0.2) is 0 Å². The van der Waals surface area contributed by atoms with Crippen LogP contribution in [0.4, 0.5) is 5.69 Å². The van der Waals surface area contributed by atoms with Crippen LogP contribution in [0.1, 0.15) is 33.9 Å². The zero-order valence-corrected chi connectivity index (χ0v) is 24.3. The maximum absolute atomic E-state index is 13.5. The van der Waals surface area contributed by atoms with Crippen molar-refractivity contribution in [1.82, 2.24) is 9.78 Å². The molecule has 3 N–H and O–H groups in total. The summed E-state index contributed by atoms with van der Waals surface area (Å²) in [6.45, 7) is 1.82. The van der Waals surface area contributed by atoms with Crippen molar-refractivity contribution in [3.63, 3.8) is 0 Å². The molecule has 2 aliphatic rings. The highest BCUT2D eigenvalue weighted by molar-refractivity contribution is 5.74. The molecule has 5 aromatic rings. The predicted octanol–water partition coefficient (Wildman–Crippen LogP) is 5.47. The van der Waals surface area contributed by atoms with Crippen molar-refractivity contribution in [1.29, 1.82) is 0 Å². The van der Waals surface area contributed by atoms with Gasteiger partial charge >= 0.3 is 0 Å². The fourth-order valence-corrected chi connectivity index (χ4v) is 7.32. The molecule has 1 fully saturated rings. The number of hydrogen-bond donors (Lipinski definition) is 3. The maximum atomic E-state index is 13.5. The lowest BCUT2D eigenvalue weighted by Gasteiger charge is -2.46. The minimum atomic E-state index is -0.920. The van der Waals surface area contributed by atoms with Gasteiger partial charge in [0.1, 0.15) is 0 Å². The quantitative estimate of drug-likeness (QED) is 0.253. The molecule has 1 aliphatic carbocycles. The first kappa shape index (κ1) is 27.2. The van der Waals surface area contributed by atoms with Crippen LogP contribution < -0.4 is 10.5 Å². The second-order valence-corrected chi connectivity index (χ2v) is 11.8. The number of H-pyrrole nitrogens is 1. The lowest BCUT2D eigenvalue weighted by Crippen LogP contribution is -2.54. The summed E-state index contributed by atoms with van der Waals surface area (Å²) in [6, 6.07) is 38.7. The monoisotopic (exact) mass is 569 g/mol. The van der Waals surface area contributed by atoms with Crippen molar-refractivity contribution in [2.45, 2.75) is 36.9 Å². The Labute approximate surface area is 251 Å². The normalized spacial score (nSPS) is 25.5. The van der Waals surface area contributed by atoms with Gasteiger partial charge in [0, 0.05) is 41.5 Å². The summed E-state index contributed by atoms with van der Waals surface area (Å²) in [5, 5.41) is 26.4. The Morgan fingerprint density at radius 2 is 1.40 bits per heavy atom. The Balaban J connectivity index is 1.33. The molecule has 0 bridgehead atoms. The zero-order chi connectivity index (χ0) is 29.7. The summed E-state index contributed by atoms with van der Waals surface area (Å²) in [5.41, 5.74) is 6.64. The molecule has 6 nitrogen and oxygen atoms in total. The highest BCUT2D eigenvalue weighted by atomic mass is 16.3. The average molecular weight is 570 g/mol. The van der Waals surface area contributed by atoms with Crippen LogP contribution in [0.15, 0.2) is 132 Å². The van der Waals surface area contributed by atoms with E-state index >= 15 is 0 Å². The number of aliphatic hydroxyl groups is 2. The lowest BCUT2D eigenvalue weighted by molar-refractivity contribution is -0.0952. The second-order valence-electron chi connectivity index (χ2n) is 11.8. The number of anilines is 1. The molecular formula is C37H35N3O3. The number of nitrogens with one attached hydrogen (secondary N) is 1. The van der Waals surface area contributed by atoms with Crippen LogP contribution in [-0.4, -0.2) is 39.2 Å². The first-order valence-electron chi connectivity index (χ1n) is 14.8. The summed E-state index contributed by atoms with van der Waals surface area (Å²) in [5.74, 6) is -1.24. The highest BCUT2D eigenvalue weighted by Crippen LogP contribution is 2.55. The molecule has 6 heteroatoms. The fraction of sp³-hybridized carbons (Fsp3) is 0.216. The molecule has 2 heterocycles. The van der Waals surface area contributed by atoms with Gasteiger partial charge in [0.05, 0.1) is 23.3 Å². The van der Waals surface area contributed by atoms with Crippen molar-refractivity contribution in [2.75, 3.05) is 11.9 Å². The molecule has 0 saturated heterocycles. The number of aliphatic hydroxyl groups excluding tert-OH is 2. The van der Waals surface area contributed by atoms with Crippen LogP contribution in [0.5, 0.6) is 0 Å². The number of aryl methyl sites for hydroxylation is 1. The second kappa shape index (κ2) is 10.6. The molecular weight excluding hydrogens is 534 g/mol. The molecule has 43 heavy (non-hydrogen) atoms. The van der Waals surface area contributed by atoms with Crippen LogP contribution in [0, 0.1) is 12.8 Å². The number of likely N-dealkylation sites (N-methyl/N-ethyl adjacent to an activating group) is 1. The molecule has 7 rings (SSSR count). The van der Waals surface area contributed by atoms with E-state index in [9.17, 15) is 15.0 Å². The topological polar surface area (TPSA) is 81.5 Å². The van der Waals surface area contributed by atoms with E-state index in [1.807, 2.05) is 55.5 Å². The zero-order valence-electron chi connectivity index (χ0n) is 24.3. The van der Waals surface area contributed by atoms with E-state index in [1.165, 1.54) is 15.8 Å². The number of rotatable bonds is 6. The third-order valence-corrected chi connectivity index (χ3v) is 9.44. The molecule has 0 spiro atoms. The lowest BCUT2D eigenvalue weighted by atomic mass is 9.63. The molecule has 1 aromatic heterocycles. The Kier molecular flexibility index (Phi) is 6.68. The van der Waals surface area contributed by atoms with E-state index in [0.29, 0.717) is 23.4 Å². The summed E-state index contributed by atoms with van der Waals surface area (Å²) >= 11 is 0. The smallest absolute Gasteiger partial charge is 0.275 e. The van der Waals surface area contributed by atoms with Crippen molar-refractivity contribution < 1.29 is 10.2 Å².